The zero-order chi connectivity index (χ0) is 22.7. The van der Waals surface area contributed by atoms with Gasteiger partial charge in [-0.2, -0.15) is 5.10 Å². The van der Waals surface area contributed by atoms with E-state index in [0.717, 1.165) is 10.8 Å². The van der Waals surface area contributed by atoms with Crippen molar-refractivity contribution in [2.45, 2.75) is 6.04 Å². The number of esters is 2. The number of ketones is 1. The van der Waals surface area contributed by atoms with Gasteiger partial charge in [0.1, 0.15) is 5.71 Å². The summed E-state index contributed by atoms with van der Waals surface area (Å²) < 4.78 is 9.79. The lowest BCUT2D eigenvalue weighted by Gasteiger charge is -2.31. The van der Waals surface area contributed by atoms with Crippen LogP contribution in [0.4, 0.5) is 5.69 Å². The van der Waals surface area contributed by atoms with Crippen LogP contribution >= 0.6 is 0 Å². The van der Waals surface area contributed by atoms with Gasteiger partial charge in [-0.1, -0.05) is 54.6 Å². The van der Waals surface area contributed by atoms with Crippen molar-refractivity contribution in [2.24, 2.45) is 5.10 Å². The second kappa shape index (κ2) is 8.85. The monoisotopic (exact) mass is 428 g/mol. The number of hydrogen-bond donors (Lipinski definition) is 0. The fourth-order valence-electron chi connectivity index (χ4n) is 3.56. The van der Waals surface area contributed by atoms with E-state index in [-0.39, 0.29) is 17.1 Å². The molecule has 7 heteroatoms. The average molecular weight is 428 g/mol. The largest absolute Gasteiger partial charge is 0.467 e. The summed E-state index contributed by atoms with van der Waals surface area (Å²) in [6, 6.07) is 20.6. The molecule has 0 fully saturated rings. The molecule has 1 atom stereocenters. The summed E-state index contributed by atoms with van der Waals surface area (Å²) in [4.78, 5) is 38.5. The quantitative estimate of drug-likeness (QED) is 0.457. The predicted molar refractivity (Wildman–Crippen MR) is 121 cm³/mol. The first kappa shape index (κ1) is 21.0. The van der Waals surface area contributed by atoms with Crippen molar-refractivity contribution < 1.29 is 23.9 Å². The van der Waals surface area contributed by atoms with Crippen LogP contribution in [0.25, 0.3) is 10.8 Å². The minimum Gasteiger partial charge on any atom is -0.467 e. The van der Waals surface area contributed by atoms with Crippen LogP contribution in [-0.2, 0) is 19.1 Å². The number of hydrogen-bond acceptors (Lipinski definition) is 7. The van der Waals surface area contributed by atoms with Gasteiger partial charge in [-0.3, -0.25) is 4.79 Å². The van der Waals surface area contributed by atoms with Crippen LogP contribution in [-0.4, -0.2) is 43.7 Å². The number of carbonyl (C=O) groups is 3. The first-order chi connectivity index (χ1) is 15.5. The van der Waals surface area contributed by atoms with Crippen LogP contribution < -0.4 is 5.01 Å². The molecule has 3 aromatic rings. The maximum atomic E-state index is 13.4. The molecule has 32 heavy (non-hydrogen) atoms. The van der Waals surface area contributed by atoms with E-state index in [9.17, 15) is 14.4 Å². The van der Waals surface area contributed by atoms with E-state index in [1.54, 1.807) is 36.4 Å². The zero-order valence-corrected chi connectivity index (χ0v) is 17.5. The molecule has 1 heterocycles. The zero-order valence-electron chi connectivity index (χ0n) is 17.5. The Kier molecular flexibility index (Phi) is 5.81. The summed E-state index contributed by atoms with van der Waals surface area (Å²) in [5.74, 6) is -1.84. The highest BCUT2D eigenvalue weighted by Crippen LogP contribution is 2.27. The summed E-state index contributed by atoms with van der Waals surface area (Å²) in [5.41, 5.74) is 0.890. The Morgan fingerprint density at radius 2 is 1.53 bits per heavy atom. The van der Waals surface area contributed by atoms with E-state index in [4.69, 9.17) is 9.47 Å². The Hall–Kier alpha value is -4.26. The highest BCUT2D eigenvalue weighted by molar-refractivity contribution is 6.51. The Bertz CT molecular complexity index is 1260. The number of allylic oxidation sites excluding steroid dienone is 1. The van der Waals surface area contributed by atoms with E-state index in [1.165, 1.54) is 25.3 Å². The summed E-state index contributed by atoms with van der Waals surface area (Å²) in [6.07, 6.45) is 1.30. The van der Waals surface area contributed by atoms with Crippen LogP contribution in [0.15, 0.2) is 89.5 Å². The first-order valence-electron chi connectivity index (χ1n) is 9.87. The first-order valence-corrected chi connectivity index (χ1v) is 9.87. The second-order valence-electron chi connectivity index (χ2n) is 7.07. The van der Waals surface area contributed by atoms with Crippen molar-refractivity contribution in [2.75, 3.05) is 19.2 Å². The lowest BCUT2D eigenvalue weighted by Crippen LogP contribution is -2.46. The molecule has 0 bridgehead atoms. The fraction of sp³-hybridized carbons (Fsp3) is 0.120. The maximum absolute atomic E-state index is 13.4. The van der Waals surface area contributed by atoms with Gasteiger partial charge in [0.2, 0.25) is 5.78 Å². The van der Waals surface area contributed by atoms with E-state index < -0.39 is 18.0 Å². The number of Topliss-reactive ketones (excluding diaryl/α,β-unsaturated/α-hetero) is 1. The molecule has 4 rings (SSSR count). The molecule has 3 aromatic carbocycles. The molecule has 1 aliphatic heterocycles. The Labute approximate surface area is 184 Å². The SMILES string of the molecule is COC(=O)C1=CC(C(=O)c2ccc3ccccc3c2)=NN(c2ccccc2)[C@H]1C(=O)OC. The number of ether oxygens (including phenoxy) is 2. The number of fused-ring (bicyclic) bond motifs is 1. The van der Waals surface area contributed by atoms with Gasteiger partial charge in [0, 0.05) is 5.56 Å². The molecular formula is C25H20N2O5. The van der Waals surface area contributed by atoms with Crippen molar-refractivity contribution in [3.05, 3.63) is 90.0 Å². The van der Waals surface area contributed by atoms with Crippen LogP contribution in [0.1, 0.15) is 10.4 Å². The third-order valence-corrected chi connectivity index (χ3v) is 5.16. The number of anilines is 1. The third-order valence-electron chi connectivity index (χ3n) is 5.16. The number of hydrazone groups is 1. The highest BCUT2D eigenvalue weighted by Gasteiger charge is 2.39. The second-order valence-corrected chi connectivity index (χ2v) is 7.07. The molecule has 1 aliphatic rings. The standard InChI is InChI=1S/C25H20N2O5/c1-31-24(29)20-15-21(23(28)18-13-12-16-8-6-7-9-17(16)14-18)26-27(22(20)25(30)32-2)19-10-4-3-5-11-19/h3-15,22H,1-2H3/t22-/m1/s1. The predicted octanol–water partition coefficient (Wildman–Crippen LogP) is 3.54. The lowest BCUT2D eigenvalue weighted by atomic mass is 9.97. The Morgan fingerprint density at radius 1 is 0.844 bits per heavy atom. The smallest absolute Gasteiger partial charge is 0.336 e. The van der Waals surface area contributed by atoms with Crippen LogP contribution in [0, 0.1) is 0 Å². The summed E-state index contributed by atoms with van der Waals surface area (Å²) in [6.45, 7) is 0. The molecule has 0 saturated heterocycles. The van der Waals surface area contributed by atoms with Crippen molar-refractivity contribution in [1.29, 1.82) is 0 Å². The highest BCUT2D eigenvalue weighted by atomic mass is 16.5. The number of methoxy groups -OCH3 is 2. The fourth-order valence-corrected chi connectivity index (χ4v) is 3.56. The topological polar surface area (TPSA) is 85.3 Å². The van der Waals surface area contributed by atoms with E-state index >= 15 is 0 Å². The van der Waals surface area contributed by atoms with Crippen LogP contribution in [0.3, 0.4) is 0 Å². The molecular weight excluding hydrogens is 408 g/mol. The van der Waals surface area contributed by atoms with Crippen LogP contribution in [0.5, 0.6) is 0 Å². The molecule has 0 aliphatic carbocycles. The Balaban J connectivity index is 1.84. The van der Waals surface area contributed by atoms with Gasteiger partial charge in [0.05, 0.1) is 25.5 Å². The molecule has 0 saturated carbocycles. The van der Waals surface area contributed by atoms with Crippen molar-refractivity contribution in [3.8, 4) is 0 Å². The van der Waals surface area contributed by atoms with E-state index in [0.29, 0.717) is 11.3 Å². The molecule has 0 aromatic heterocycles. The van der Waals surface area contributed by atoms with Gasteiger partial charge in [-0.05, 0) is 35.0 Å². The molecule has 160 valence electrons. The van der Waals surface area contributed by atoms with Gasteiger partial charge in [-0.15, -0.1) is 0 Å². The van der Waals surface area contributed by atoms with Gasteiger partial charge in [-0.25, -0.2) is 14.6 Å². The molecule has 0 spiro atoms. The third kappa shape index (κ3) is 3.88. The average Bonchev–Trinajstić information content (AvgIpc) is 2.86. The summed E-state index contributed by atoms with van der Waals surface area (Å²) in [7, 11) is 2.43. The number of rotatable bonds is 5. The van der Waals surface area contributed by atoms with Gasteiger partial charge < -0.3 is 9.47 Å². The van der Waals surface area contributed by atoms with E-state index in [1.807, 2.05) is 36.4 Å². The Morgan fingerprint density at radius 3 is 2.22 bits per heavy atom. The summed E-state index contributed by atoms with van der Waals surface area (Å²) in [5, 5.41) is 7.65. The van der Waals surface area contributed by atoms with Crippen molar-refractivity contribution in [3.63, 3.8) is 0 Å². The van der Waals surface area contributed by atoms with Crippen molar-refractivity contribution >= 4 is 39.9 Å². The van der Waals surface area contributed by atoms with Crippen LogP contribution in [0.2, 0.25) is 0 Å². The minimum absolute atomic E-state index is 0.00434. The summed E-state index contributed by atoms with van der Waals surface area (Å²) >= 11 is 0. The number of benzene rings is 3. The molecule has 0 amide bonds. The number of carbonyl (C=O) groups excluding carboxylic acids is 3. The molecule has 0 N–H and O–H groups in total. The van der Waals surface area contributed by atoms with E-state index in [2.05, 4.69) is 5.10 Å². The normalized spacial score (nSPS) is 15.6. The van der Waals surface area contributed by atoms with Gasteiger partial charge in [0.15, 0.2) is 6.04 Å². The van der Waals surface area contributed by atoms with Gasteiger partial charge in [0.25, 0.3) is 0 Å². The number of nitrogens with zero attached hydrogens (tertiary/aromatic N) is 2. The molecule has 0 radical (unpaired) electrons. The minimum atomic E-state index is -1.19. The number of para-hydroxylation sites is 1. The van der Waals surface area contributed by atoms with Crippen molar-refractivity contribution in [1.82, 2.24) is 0 Å². The lowest BCUT2D eigenvalue weighted by molar-refractivity contribution is -0.144. The maximum Gasteiger partial charge on any atom is 0.336 e. The van der Waals surface area contributed by atoms with Gasteiger partial charge >= 0.3 is 11.9 Å². The molecule has 0 unspecified atom stereocenters. The molecule has 7 nitrogen and oxygen atoms in total.